The van der Waals surface area contributed by atoms with Crippen LogP contribution in [0.2, 0.25) is 0 Å². The number of carbonyl (C=O) groups is 2. The molecule has 1 aliphatic carbocycles. The fraction of sp³-hybridized carbons (Fsp3) is 0.0870. The molecule has 2 amide bonds. The molecule has 5 nitrogen and oxygen atoms in total. The quantitative estimate of drug-likeness (QED) is 0.466. The van der Waals surface area contributed by atoms with Gasteiger partial charge in [-0.15, -0.1) is 0 Å². The van der Waals surface area contributed by atoms with Crippen LogP contribution in [0.25, 0.3) is 32.9 Å². The summed E-state index contributed by atoms with van der Waals surface area (Å²) in [6.07, 6.45) is 1.55. The van der Waals surface area contributed by atoms with Gasteiger partial charge in [0.15, 0.2) is 0 Å². The molecule has 0 radical (unpaired) electrons. The number of nitrogens with zero attached hydrogens (tertiary/aromatic N) is 1. The predicted octanol–water partition coefficient (Wildman–Crippen LogP) is 3.84. The summed E-state index contributed by atoms with van der Waals surface area (Å²) < 4.78 is 0. The third kappa shape index (κ3) is 1.74. The number of fused-ring (bicyclic) bond motifs is 10. The van der Waals surface area contributed by atoms with Crippen molar-refractivity contribution in [3.63, 3.8) is 0 Å². The first-order valence-corrected chi connectivity index (χ1v) is 9.15. The molecule has 0 fully saturated rings. The number of amides is 2. The Labute approximate surface area is 159 Å². The Balaban J connectivity index is 1.90. The molecule has 0 atom stereocenters. The molecule has 1 aliphatic heterocycles. The molecule has 0 unspecified atom stereocenters. The fourth-order valence-corrected chi connectivity index (χ4v) is 4.76. The minimum atomic E-state index is -0.366. The predicted molar refractivity (Wildman–Crippen MR) is 105 cm³/mol. The molecule has 2 N–H and O–H groups in total. The highest BCUT2D eigenvalue weighted by Crippen LogP contribution is 2.45. The maximum absolute atomic E-state index is 12.7. The van der Waals surface area contributed by atoms with E-state index in [-0.39, 0.29) is 11.8 Å². The Bertz CT molecular complexity index is 1440. The van der Waals surface area contributed by atoms with Gasteiger partial charge in [-0.25, -0.2) is 0 Å². The maximum Gasteiger partial charge on any atom is 0.259 e. The Morgan fingerprint density at radius 3 is 2.61 bits per heavy atom. The number of carbonyl (C=O) groups excluding carboxylic acids is 2. The molecule has 132 valence electrons. The number of benzene rings is 3. The van der Waals surface area contributed by atoms with Crippen molar-refractivity contribution in [2.45, 2.75) is 12.8 Å². The van der Waals surface area contributed by atoms with E-state index in [4.69, 9.17) is 0 Å². The highest BCUT2D eigenvalue weighted by Gasteiger charge is 2.37. The number of rotatable bonds is 0. The number of aromatic nitrogens is 1. The van der Waals surface area contributed by atoms with Crippen LogP contribution in [0.5, 0.6) is 0 Å². The van der Waals surface area contributed by atoms with E-state index in [2.05, 4.69) is 28.5 Å². The van der Waals surface area contributed by atoms with Crippen molar-refractivity contribution >= 4 is 33.6 Å². The number of H-pyrrole nitrogens is 1. The standard InChI is InChI=1S/C23H13N3O2/c24-10-11-5-8-16-15(9-11)18-20-19(22(27)26-23(20)28)14-7-6-12-3-1-2-4-13(12)17(14)21(18)25-16/h1-5,8-9,25H,6-7H2,(H,26,27,28). The molecule has 3 aromatic carbocycles. The third-order valence-electron chi connectivity index (χ3n) is 5.89. The molecule has 0 saturated carbocycles. The number of hydrogen-bond acceptors (Lipinski definition) is 3. The Morgan fingerprint density at radius 1 is 0.929 bits per heavy atom. The van der Waals surface area contributed by atoms with E-state index in [0.29, 0.717) is 23.1 Å². The molecule has 0 bridgehead atoms. The van der Waals surface area contributed by atoms with Gasteiger partial charge in [0.1, 0.15) is 0 Å². The van der Waals surface area contributed by atoms with E-state index in [0.717, 1.165) is 44.9 Å². The van der Waals surface area contributed by atoms with E-state index in [1.54, 1.807) is 12.1 Å². The first-order chi connectivity index (χ1) is 13.7. The minimum Gasteiger partial charge on any atom is -0.354 e. The van der Waals surface area contributed by atoms with E-state index in [1.165, 1.54) is 5.56 Å². The average Bonchev–Trinajstić information content (AvgIpc) is 3.23. The number of aryl methyl sites for hydroxylation is 1. The summed E-state index contributed by atoms with van der Waals surface area (Å²) in [5.74, 6) is -0.696. The second kappa shape index (κ2) is 5.08. The van der Waals surface area contributed by atoms with Crippen molar-refractivity contribution in [1.29, 1.82) is 5.26 Å². The van der Waals surface area contributed by atoms with Gasteiger partial charge in [0, 0.05) is 21.9 Å². The largest absolute Gasteiger partial charge is 0.354 e. The van der Waals surface area contributed by atoms with Gasteiger partial charge in [-0.1, -0.05) is 24.3 Å². The summed E-state index contributed by atoms with van der Waals surface area (Å²) in [5.41, 5.74) is 7.39. The van der Waals surface area contributed by atoms with Gasteiger partial charge in [0.05, 0.1) is 28.3 Å². The Kier molecular flexibility index (Phi) is 2.75. The van der Waals surface area contributed by atoms with Crippen LogP contribution in [0.3, 0.4) is 0 Å². The van der Waals surface area contributed by atoms with E-state index in [9.17, 15) is 14.9 Å². The number of nitriles is 1. The fourth-order valence-electron chi connectivity index (χ4n) is 4.76. The highest BCUT2D eigenvalue weighted by molar-refractivity contribution is 6.32. The minimum absolute atomic E-state index is 0.330. The molecule has 2 heterocycles. The van der Waals surface area contributed by atoms with Gasteiger partial charge in [-0.3, -0.25) is 14.9 Å². The van der Waals surface area contributed by atoms with Crippen LogP contribution in [0.15, 0.2) is 42.5 Å². The summed E-state index contributed by atoms with van der Waals surface area (Å²) >= 11 is 0. The molecule has 1 aromatic heterocycles. The number of imide groups is 1. The lowest BCUT2D eigenvalue weighted by atomic mass is 9.80. The van der Waals surface area contributed by atoms with Crippen LogP contribution in [-0.4, -0.2) is 16.8 Å². The lowest BCUT2D eigenvalue weighted by Crippen LogP contribution is -2.20. The zero-order valence-electron chi connectivity index (χ0n) is 14.7. The maximum atomic E-state index is 12.7. The second-order valence-electron chi connectivity index (χ2n) is 7.29. The molecular formula is C23H13N3O2. The first-order valence-electron chi connectivity index (χ1n) is 9.15. The zero-order chi connectivity index (χ0) is 19.0. The van der Waals surface area contributed by atoms with Crippen LogP contribution < -0.4 is 5.32 Å². The molecule has 6 rings (SSSR count). The third-order valence-corrected chi connectivity index (χ3v) is 5.89. The average molecular weight is 363 g/mol. The van der Waals surface area contributed by atoms with Crippen molar-refractivity contribution in [2.24, 2.45) is 0 Å². The van der Waals surface area contributed by atoms with Crippen LogP contribution in [0, 0.1) is 11.3 Å². The summed E-state index contributed by atoms with van der Waals surface area (Å²) in [7, 11) is 0. The molecule has 0 spiro atoms. The smallest absolute Gasteiger partial charge is 0.259 e. The van der Waals surface area contributed by atoms with Gasteiger partial charge in [-0.05, 0) is 47.7 Å². The number of nitrogens with one attached hydrogen (secondary N) is 2. The van der Waals surface area contributed by atoms with Crippen LogP contribution >= 0.6 is 0 Å². The van der Waals surface area contributed by atoms with Crippen molar-refractivity contribution in [1.82, 2.24) is 10.3 Å². The lowest BCUT2D eigenvalue weighted by Gasteiger charge is -2.22. The van der Waals surface area contributed by atoms with Crippen LogP contribution in [0.4, 0.5) is 0 Å². The summed E-state index contributed by atoms with van der Waals surface area (Å²) in [4.78, 5) is 28.9. The highest BCUT2D eigenvalue weighted by atomic mass is 16.2. The van der Waals surface area contributed by atoms with Gasteiger partial charge in [0.25, 0.3) is 11.8 Å². The normalized spacial score (nSPS) is 14.5. The van der Waals surface area contributed by atoms with E-state index >= 15 is 0 Å². The monoisotopic (exact) mass is 363 g/mol. The topological polar surface area (TPSA) is 85.8 Å². The lowest BCUT2D eigenvalue weighted by molar-refractivity contribution is 0.0880. The first kappa shape index (κ1) is 15.2. The van der Waals surface area contributed by atoms with Gasteiger partial charge in [0.2, 0.25) is 0 Å². The molecule has 2 aliphatic rings. The summed E-state index contributed by atoms with van der Waals surface area (Å²) in [6.45, 7) is 0. The van der Waals surface area contributed by atoms with Gasteiger partial charge >= 0.3 is 0 Å². The Hall–Kier alpha value is -3.91. The van der Waals surface area contributed by atoms with Gasteiger partial charge < -0.3 is 4.98 Å². The summed E-state index contributed by atoms with van der Waals surface area (Å²) in [5, 5.41) is 13.3. The van der Waals surface area contributed by atoms with Crippen LogP contribution in [-0.2, 0) is 12.8 Å². The van der Waals surface area contributed by atoms with Gasteiger partial charge in [-0.2, -0.15) is 5.26 Å². The SMILES string of the molecule is N#Cc1ccc2[nH]c3c4c(c5c(c3c2c1)C(=O)NC5=O)CCc1ccccc1-4. The molecule has 28 heavy (non-hydrogen) atoms. The molecule has 5 heteroatoms. The van der Waals surface area contributed by atoms with E-state index in [1.807, 2.05) is 18.2 Å². The molecule has 0 saturated heterocycles. The van der Waals surface area contributed by atoms with Crippen molar-refractivity contribution < 1.29 is 9.59 Å². The Morgan fingerprint density at radius 2 is 1.75 bits per heavy atom. The second-order valence-corrected chi connectivity index (χ2v) is 7.29. The number of aromatic amines is 1. The van der Waals surface area contributed by atoms with E-state index < -0.39 is 0 Å². The molecule has 4 aromatic rings. The van der Waals surface area contributed by atoms with Crippen molar-refractivity contribution in [3.8, 4) is 17.2 Å². The van der Waals surface area contributed by atoms with Crippen molar-refractivity contribution in [2.75, 3.05) is 0 Å². The van der Waals surface area contributed by atoms with Crippen LogP contribution in [0.1, 0.15) is 37.4 Å². The molecular weight excluding hydrogens is 350 g/mol. The van der Waals surface area contributed by atoms with Crippen molar-refractivity contribution in [3.05, 3.63) is 70.3 Å². The zero-order valence-corrected chi connectivity index (χ0v) is 14.7. The summed E-state index contributed by atoms with van der Waals surface area (Å²) in [6, 6.07) is 15.7. The number of hydrogen-bond donors (Lipinski definition) is 2.